The molecule has 0 N–H and O–H groups in total. The predicted molar refractivity (Wildman–Crippen MR) is 64.8 cm³/mol. The zero-order chi connectivity index (χ0) is 11.0. The molecule has 1 heterocycles. The topological polar surface area (TPSA) is 3.24 Å². The lowest BCUT2D eigenvalue weighted by atomic mass is 9.95. The van der Waals surface area contributed by atoms with Crippen LogP contribution in [0.15, 0.2) is 16.6 Å². The Labute approximate surface area is 98.4 Å². The summed E-state index contributed by atoms with van der Waals surface area (Å²) in [6.45, 7) is 6.37. The standard InChI is InChI=1S/C12H15BrFN/c1-3-9-6-15(7-9)12-5-11(14)10(13)4-8(12)2/h4-5,9H,3,6-7H2,1-2H3. The average Bonchev–Trinajstić information content (AvgIpc) is 2.12. The summed E-state index contributed by atoms with van der Waals surface area (Å²) in [6, 6.07) is 3.48. The van der Waals surface area contributed by atoms with Gasteiger partial charge in [-0.15, -0.1) is 0 Å². The lowest BCUT2D eigenvalue weighted by Crippen LogP contribution is -2.46. The number of aryl methyl sites for hydroxylation is 1. The molecular weight excluding hydrogens is 257 g/mol. The van der Waals surface area contributed by atoms with Crippen molar-refractivity contribution in [3.63, 3.8) is 0 Å². The van der Waals surface area contributed by atoms with Gasteiger partial charge in [0, 0.05) is 18.8 Å². The number of rotatable bonds is 2. The third kappa shape index (κ3) is 2.03. The van der Waals surface area contributed by atoms with Crippen LogP contribution in [-0.2, 0) is 0 Å². The van der Waals surface area contributed by atoms with Crippen molar-refractivity contribution < 1.29 is 4.39 Å². The number of hydrogen-bond donors (Lipinski definition) is 0. The molecular formula is C12H15BrFN. The second kappa shape index (κ2) is 4.12. The molecule has 0 unspecified atom stereocenters. The molecule has 15 heavy (non-hydrogen) atoms. The van der Waals surface area contributed by atoms with Crippen molar-refractivity contribution in [2.24, 2.45) is 5.92 Å². The van der Waals surface area contributed by atoms with E-state index in [1.165, 1.54) is 6.42 Å². The summed E-state index contributed by atoms with van der Waals surface area (Å²) in [6.07, 6.45) is 1.22. The van der Waals surface area contributed by atoms with Gasteiger partial charge in [-0.25, -0.2) is 4.39 Å². The fraction of sp³-hybridized carbons (Fsp3) is 0.500. The van der Waals surface area contributed by atoms with Crippen LogP contribution in [0.1, 0.15) is 18.9 Å². The van der Waals surface area contributed by atoms with E-state index >= 15 is 0 Å². The highest BCUT2D eigenvalue weighted by Crippen LogP contribution is 2.32. The van der Waals surface area contributed by atoms with E-state index in [9.17, 15) is 4.39 Å². The van der Waals surface area contributed by atoms with Gasteiger partial charge in [-0.05, 0) is 52.9 Å². The number of benzene rings is 1. The molecule has 1 aliphatic rings. The fourth-order valence-electron chi connectivity index (χ4n) is 2.00. The number of nitrogens with zero attached hydrogens (tertiary/aromatic N) is 1. The molecule has 0 bridgehead atoms. The molecule has 0 radical (unpaired) electrons. The highest BCUT2D eigenvalue weighted by atomic mass is 79.9. The Bertz CT molecular complexity index is 372. The van der Waals surface area contributed by atoms with Gasteiger partial charge in [0.05, 0.1) is 4.47 Å². The predicted octanol–water partition coefficient (Wildman–Crippen LogP) is 3.74. The Morgan fingerprint density at radius 3 is 2.73 bits per heavy atom. The lowest BCUT2D eigenvalue weighted by molar-refractivity contribution is 0.397. The Morgan fingerprint density at radius 2 is 2.13 bits per heavy atom. The molecule has 0 spiro atoms. The van der Waals surface area contributed by atoms with Gasteiger partial charge in [-0.1, -0.05) is 6.92 Å². The van der Waals surface area contributed by atoms with Gasteiger partial charge in [-0.2, -0.15) is 0 Å². The van der Waals surface area contributed by atoms with E-state index in [4.69, 9.17) is 0 Å². The van der Waals surface area contributed by atoms with Crippen molar-refractivity contribution in [3.05, 3.63) is 28.0 Å². The second-order valence-corrected chi connectivity index (χ2v) is 5.09. The number of anilines is 1. The van der Waals surface area contributed by atoms with Gasteiger partial charge >= 0.3 is 0 Å². The van der Waals surface area contributed by atoms with Gasteiger partial charge in [0.1, 0.15) is 5.82 Å². The van der Waals surface area contributed by atoms with Crippen molar-refractivity contribution in [1.29, 1.82) is 0 Å². The van der Waals surface area contributed by atoms with E-state index in [2.05, 4.69) is 27.8 Å². The van der Waals surface area contributed by atoms with Crippen LogP contribution >= 0.6 is 15.9 Å². The molecule has 0 saturated carbocycles. The van der Waals surface area contributed by atoms with Crippen LogP contribution in [0.4, 0.5) is 10.1 Å². The summed E-state index contributed by atoms with van der Waals surface area (Å²) < 4.78 is 13.9. The first kappa shape index (κ1) is 10.9. The second-order valence-electron chi connectivity index (χ2n) is 4.23. The Morgan fingerprint density at radius 1 is 1.47 bits per heavy atom. The summed E-state index contributed by atoms with van der Waals surface area (Å²) in [5.74, 6) is 0.617. The van der Waals surface area contributed by atoms with E-state index < -0.39 is 0 Å². The maximum Gasteiger partial charge on any atom is 0.139 e. The van der Waals surface area contributed by atoms with Gasteiger partial charge in [0.2, 0.25) is 0 Å². The van der Waals surface area contributed by atoms with Gasteiger partial charge < -0.3 is 4.90 Å². The molecule has 1 aliphatic heterocycles. The van der Waals surface area contributed by atoms with E-state index in [1.54, 1.807) is 6.07 Å². The first-order valence-corrected chi connectivity index (χ1v) is 6.11. The summed E-state index contributed by atoms with van der Waals surface area (Å²) in [5.41, 5.74) is 2.18. The smallest absolute Gasteiger partial charge is 0.139 e. The Balaban J connectivity index is 2.19. The van der Waals surface area contributed by atoms with Crippen LogP contribution in [0.3, 0.4) is 0 Å². The Hall–Kier alpha value is -0.570. The molecule has 1 fully saturated rings. The van der Waals surface area contributed by atoms with Crippen molar-refractivity contribution in [3.8, 4) is 0 Å². The maximum absolute atomic E-state index is 13.4. The van der Waals surface area contributed by atoms with Crippen LogP contribution in [0.25, 0.3) is 0 Å². The van der Waals surface area contributed by atoms with Crippen LogP contribution in [0.5, 0.6) is 0 Å². The van der Waals surface area contributed by atoms with E-state index in [-0.39, 0.29) is 5.82 Å². The van der Waals surface area contributed by atoms with Crippen LogP contribution in [0, 0.1) is 18.7 Å². The van der Waals surface area contributed by atoms with Crippen LogP contribution < -0.4 is 4.90 Å². The molecule has 1 aromatic rings. The molecule has 0 amide bonds. The van der Waals surface area contributed by atoms with Crippen molar-refractivity contribution >= 4 is 21.6 Å². The van der Waals surface area contributed by atoms with Crippen molar-refractivity contribution in [1.82, 2.24) is 0 Å². The minimum atomic E-state index is -0.171. The van der Waals surface area contributed by atoms with Gasteiger partial charge in [0.25, 0.3) is 0 Å². The molecule has 82 valence electrons. The molecule has 0 atom stereocenters. The maximum atomic E-state index is 13.4. The lowest BCUT2D eigenvalue weighted by Gasteiger charge is -2.41. The zero-order valence-corrected chi connectivity index (χ0v) is 10.6. The highest BCUT2D eigenvalue weighted by molar-refractivity contribution is 9.10. The highest BCUT2D eigenvalue weighted by Gasteiger charge is 2.26. The third-order valence-electron chi connectivity index (χ3n) is 3.11. The van der Waals surface area contributed by atoms with Crippen molar-refractivity contribution in [2.45, 2.75) is 20.3 Å². The molecule has 0 aromatic heterocycles. The first-order chi connectivity index (χ1) is 7.11. The van der Waals surface area contributed by atoms with Crippen LogP contribution in [0.2, 0.25) is 0 Å². The zero-order valence-electron chi connectivity index (χ0n) is 9.06. The quantitative estimate of drug-likeness (QED) is 0.792. The molecule has 1 nitrogen and oxygen atoms in total. The van der Waals surface area contributed by atoms with E-state index in [0.29, 0.717) is 4.47 Å². The third-order valence-corrected chi connectivity index (χ3v) is 3.72. The summed E-state index contributed by atoms with van der Waals surface area (Å²) >= 11 is 3.20. The van der Waals surface area contributed by atoms with Crippen LogP contribution in [-0.4, -0.2) is 13.1 Å². The molecule has 1 saturated heterocycles. The van der Waals surface area contributed by atoms with Gasteiger partial charge in [-0.3, -0.25) is 0 Å². The monoisotopic (exact) mass is 271 g/mol. The molecule has 3 heteroatoms. The fourth-order valence-corrected chi connectivity index (χ4v) is 2.46. The minimum Gasteiger partial charge on any atom is -0.371 e. The van der Waals surface area contributed by atoms with Gasteiger partial charge in [0.15, 0.2) is 0 Å². The molecule has 2 rings (SSSR count). The van der Waals surface area contributed by atoms with E-state index in [0.717, 1.165) is 30.3 Å². The van der Waals surface area contributed by atoms with E-state index in [1.807, 2.05) is 13.0 Å². The normalized spacial score (nSPS) is 16.7. The Kier molecular flexibility index (Phi) is 3.01. The summed E-state index contributed by atoms with van der Waals surface area (Å²) in [5, 5.41) is 0. The number of halogens is 2. The SMILES string of the molecule is CCC1CN(c2cc(F)c(Br)cc2C)C1. The first-order valence-electron chi connectivity index (χ1n) is 5.32. The molecule has 0 aliphatic carbocycles. The molecule has 1 aromatic carbocycles. The summed E-state index contributed by atoms with van der Waals surface area (Å²) in [7, 11) is 0. The number of hydrogen-bond acceptors (Lipinski definition) is 1. The summed E-state index contributed by atoms with van der Waals surface area (Å²) in [4.78, 5) is 2.25. The largest absolute Gasteiger partial charge is 0.371 e. The van der Waals surface area contributed by atoms with Crippen molar-refractivity contribution in [2.75, 3.05) is 18.0 Å². The minimum absolute atomic E-state index is 0.171. The average molecular weight is 272 g/mol.